The van der Waals surface area contributed by atoms with Crippen LogP contribution < -0.4 is 10.9 Å². The van der Waals surface area contributed by atoms with E-state index in [9.17, 15) is 4.79 Å². The molecule has 9 rings (SSSR count). The molecule has 0 aliphatic carbocycles. The average molecular weight is 595 g/mol. The molecule has 218 valence electrons. The summed E-state index contributed by atoms with van der Waals surface area (Å²) in [6.45, 7) is 0. The van der Waals surface area contributed by atoms with Crippen molar-refractivity contribution in [3.05, 3.63) is 173 Å². The molecule has 1 aliphatic heterocycles. The third kappa shape index (κ3) is 4.23. The molecule has 2 aromatic heterocycles. The van der Waals surface area contributed by atoms with Crippen LogP contribution in [0.15, 0.2) is 165 Å². The van der Waals surface area contributed by atoms with Crippen LogP contribution in [0, 0.1) is 0 Å². The zero-order valence-corrected chi connectivity index (χ0v) is 24.6. The van der Waals surface area contributed by atoms with Crippen LogP contribution in [0.1, 0.15) is 22.9 Å². The van der Waals surface area contributed by atoms with Crippen LogP contribution in [-0.4, -0.2) is 16.2 Å². The van der Waals surface area contributed by atoms with Gasteiger partial charge in [-0.15, -0.1) is 0 Å². The molecule has 46 heavy (non-hydrogen) atoms. The fraction of sp³-hybridized carbons (Fsp3) is 0.0250. The summed E-state index contributed by atoms with van der Waals surface area (Å²) in [5.41, 5.74) is 6.22. The molecule has 0 bridgehead atoms. The molecular formula is C40H26N4O2. The van der Waals surface area contributed by atoms with Gasteiger partial charge in [-0.25, -0.2) is 14.8 Å². The maximum Gasteiger partial charge on any atom is 0.344 e. The number of fused-ring (bicyclic) bond motifs is 6. The Kier molecular flexibility index (Phi) is 5.93. The first kappa shape index (κ1) is 26.2. The third-order valence-corrected chi connectivity index (χ3v) is 8.70. The average Bonchev–Trinajstić information content (AvgIpc) is 3.45. The van der Waals surface area contributed by atoms with E-state index in [2.05, 4.69) is 82.7 Å². The first-order chi connectivity index (χ1) is 22.7. The number of nitrogens with one attached hydrogen (secondary N) is 1. The van der Waals surface area contributed by atoms with Gasteiger partial charge < -0.3 is 14.3 Å². The molecule has 6 nitrogen and oxygen atoms in total. The smallest absolute Gasteiger partial charge is 0.344 e. The van der Waals surface area contributed by atoms with E-state index in [1.54, 1.807) is 0 Å². The number of benzene rings is 6. The maximum atomic E-state index is 13.2. The monoisotopic (exact) mass is 594 g/mol. The van der Waals surface area contributed by atoms with Crippen LogP contribution in [-0.2, 0) is 0 Å². The van der Waals surface area contributed by atoms with Crippen LogP contribution in [0.25, 0.3) is 49.2 Å². The van der Waals surface area contributed by atoms with Crippen LogP contribution in [0.4, 0.5) is 0 Å². The van der Waals surface area contributed by atoms with Crippen molar-refractivity contribution in [2.24, 2.45) is 9.98 Å². The van der Waals surface area contributed by atoms with Crippen molar-refractivity contribution in [1.82, 2.24) is 9.88 Å². The van der Waals surface area contributed by atoms with Crippen molar-refractivity contribution in [3.8, 4) is 5.69 Å². The SMILES string of the molecule is O=c1oc2ccccc2c2cc3c4ccccc4n(-c4ccc(C5=NC(c6ccccc6)N=C(c6ccccc6)N5)cc4)c3cc12. The highest BCUT2D eigenvalue weighted by molar-refractivity contribution is 6.18. The van der Waals surface area contributed by atoms with Gasteiger partial charge in [-0.2, -0.15) is 0 Å². The van der Waals surface area contributed by atoms with E-state index in [4.69, 9.17) is 14.4 Å². The minimum atomic E-state index is -0.360. The quantitative estimate of drug-likeness (QED) is 0.164. The van der Waals surface area contributed by atoms with Gasteiger partial charge in [0.05, 0.1) is 16.4 Å². The minimum absolute atomic E-state index is 0.340. The Hall–Kier alpha value is -6.27. The number of amidine groups is 2. The van der Waals surface area contributed by atoms with Gasteiger partial charge in [-0.3, -0.25) is 0 Å². The first-order valence-corrected chi connectivity index (χ1v) is 15.2. The summed E-state index contributed by atoms with van der Waals surface area (Å²) < 4.78 is 7.92. The van der Waals surface area contributed by atoms with Gasteiger partial charge in [0, 0.05) is 38.4 Å². The largest absolute Gasteiger partial charge is 0.422 e. The van der Waals surface area contributed by atoms with Crippen LogP contribution in [0.5, 0.6) is 0 Å². The third-order valence-electron chi connectivity index (χ3n) is 8.70. The molecule has 1 atom stereocenters. The van der Waals surface area contributed by atoms with Crippen molar-refractivity contribution < 1.29 is 4.42 Å². The van der Waals surface area contributed by atoms with Gasteiger partial charge in [0.25, 0.3) is 0 Å². The van der Waals surface area contributed by atoms with Crippen LogP contribution >= 0.6 is 0 Å². The molecule has 8 aromatic rings. The van der Waals surface area contributed by atoms with Crippen molar-refractivity contribution >= 4 is 55.2 Å². The standard InChI is InChI=1S/C40H26N4O2/c45-40-33-24-35-32(23-31(33)30-16-8-10-18-36(30)46-40)29-15-7-9-17-34(29)44(35)28-21-19-27(20-22-28)39-42-37(25-11-3-1-4-12-25)41-38(43-39)26-13-5-2-6-14-26/h1-24,37H,(H,41,42,43). The topological polar surface area (TPSA) is 71.9 Å². The number of hydrogen-bond donors (Lipinski definition) is 1. The Labute approximate surface area is 263 Å². The van der Waals surface area contributed by atoms with E-state index in [1.807, 2.05) is 72.8 Å². The zero-order chi connectivity index (χ0) is 30.6. The van der Waals surface area contributed by atoms with Crippen LogP contribution in [0.3, 0.4) is 0 Å². The van der Waals surface area contributed by atoms with E-state index in [0.717, 1.165) is 66.6 Å². The first-order valence-electron chi connectivity index (χ1n) is 15.2. The van der Waals surface area contributed by atoms with Crippen molar-refractivity contribution in [2.45, 2.75) is 6.17 Å². The van der Waals surface area contributed by atoms with Gasteiger partial charge in [-0.1, -0.05) is 97.1 Å². The number of nitrogens with zero attached hydrogens (tertiary/aromatic N) is 3. The number of aromatic nitrogens is 1. The molecule has 3 heterocycles. The molecule has 0 fully saturated rings. The van der Waals surface area contributed by atoms with Gasteiger partial charge in [0.15, 0.2) is 6.17 Å². The molecule has 1 aliphatic rings. The molecule has 6 aromatic carbocycles. The lowest BCUT2D eigenvalue weighted by Gasteiger charge is -2.22. The summed E-state index contributed by atoms with van der Waals surface area (Å²) >= 11 is 0. The van der Waals surface area contributed by atoms with E-state index < -0.39 is 0 Å². The lowest BCUT2D eigenvalue weighted by molar-refractivity contribution is 0.570. The van der Waals surface area contributed by atoms with E-state index in [-0.39, 0.29) is 11.8 Å². The number of para-hydroxylation sites is 2. The molecule has 1 N–H and O–H groups in total. The van der Waals surface area contributed by atoms with E-state index >= 15 is 0 Å². The summed E-state index contributed by atoms with van der Waals surface area (Å²) in [5.74, 6) is 1.54. The summed E-state index contributed by atoms with van der Waals surface area (Å²) in [4.78, 5) is 23.2. The molecule has 0 spiro atoms. The Morgan fingerprint density at radius 2 is 1.17 bits per heavy atom. The highest BCUT2D eigenvalue weighted by Crippen LogP contribution is 2.36. The van der Waals surface area contributed by atoms with Gasteiger partial charge in [0.1, 0.15) is 17.3 Å². The molecule has 0 amide bonds. The summed E-state index contributed by atoms with van der Waals surface area (Å²) in [6, 6.07) is 48.8. The Morgan fingerprint density at radius 3 is 1.93 bits per heavy atom. The number of hydrogen-bond acceptors (Lipinski definition) is 5. The van der Waals surface area contributed by atoms with Gasteiger partial charge in [0.2, 0.25) is 0 Å². The fourth-order valence-corrected chi connectivity index (χ4v) is 6.50. The minimum Gasteiger partial charge on any atom is -0.422 e. The van der Waals surface area contributed by atoms with Crippen molar-refractivity contribution in [1.29, 1.82) is 0 Å². The highest BCUT2D eigenvalue weighted by atomic mass is 16.4. The molecule has 0 saturated heterocycles. The predicted molar refractivity (Wildman–Crippen MR) is 186 cm³/mol. The Morgan fingerprint density at radius 1 is 0.543 bits per heavy atom. The zero-order valence-electron chi connectivity index (χ0n) is 24.6. The fourth-order valence-electron chi connectivity index (χ4n) is 6.50. The second kappa shape index (κ2) is 10.4. The molecule has 6 heteroatoms. The number of rotatable bonds is 4. The normalized spacial score (nSPS) is 14.8. The highest BCUT2D eigenvalue weighted by Gasteiger charge is 2.21. The number of aliphatic imine (C=N–C) groups is 2. The predicted octanol–water partition coefficient (Wildman–Crippen LogP) is 8.54. The Bertz CT molecular complexity index is 2560. The van der Waals surface area contributed by atoms with Gasteiger partial charge in [-0.05, 0) is 54.1 Å². The molecule has 0 radical (unpaired) electrons. The van der Waals surface area contributed by atoms with E-state index in [0.29, 0.717) is 11.0 Å². The maximum absolute atomic E-state index is 13.2. The van der Waals surface area contributed by atoms with Gasteiger partial charge >= 0.3 is 5.63 Å². The van der Waals surface area contributed by atoms with Crippen molar-refractivity contribution in [3.63, 3.8) is 0 Å². The molecule has 1 unspecified atom stereocenters. The van der Waals surface area contributed by atoms with Crippen LogP contribution in [0.2, 0.25) is 0 Å². The molecular weight excluding hydrogens is 568 g/mol. The van der Waals surface area contributed by atoms with Crippen molar-refractivity contribution in [2.75, 3.05) is 0 Å². The lowest BCUT2D eigenvalue weighted by Crippen LogP contribution is -2.36. The van der Waals surface area contributed by atoms with E-state index in [1.165, 1.54) is 0 Å². The summed E-state index contributed by atoms with van der Waals surface area (Å²) in [7, 11) is 0. The second-order valence-corrected chi connectivity index (χ2v) is 11.4. The summed E-state index contributed by atoms with van der Waals surface area (Å²) in [6.07, 6.45) is -0.360. The summed E-state index contributed by atoms with van der Waals surface area (Å²) in [5, 5.41) is 8.06. The lowest BCUT2D eigenvalue weighted by atomic mass is 10.0. The molecule has 0 saturated carbocycles. The Balaban J connectivity index is 1.18. The second-order valence-electron chi connectivity index (χ2n) is 11.4.